The topological polar surface area (TPSA) is 82.1 Å². The zero-order chi connectivity index (χ0) is 13.1. The van der Waals surface area contributed by atoms with Crippen LogP contribution in [0.15, 0.2) is 36.7 Å². The Bertz CT molecular complexity index is 591. The Morgan fingerprint density at radius 3 is 2.83 bits per heavy atom. The van der Waals surface area contributed by atoms with Gasteiger partial charge in [-0.2, -0.15) is 10.4 Å². The maximum Gasteiger partial charge on any atom is 0.170 e. The molecular formula is C12H10FN3O2. The summed E-state index contributed by atoms with van der Waals surface area (Å²) in [6.45, 7) is 0. The van der Waals surface area contributed by atoms with E-state index in [9.17, 15) is 14.6 Å². The highest BCUT2D eigenvalue weighted by Gasteiger charge is 2.19. The predicted molar refractivity (Wildman–Crippen MR) is 60.1 cm³/mol. The molecule has 92 valence electrons. The van der Waals surface area contributed by atoms with Crippen LogP contribution >= 0.6 is 0 Å². The minimum Gasteiger partial charge on any atom is -0.384 e. The Morgan fingerprint density at radius 1 is 1.39 bits per heavy atom. The zero-order valence-corrected chi connectivity index (χ0v) is 9.23. The van der Waals surface area contributed by atoms with Crippen molar-refractivity contribution >= 4 is 0 Å². The summed E-state index contributed by atoms with van der Waals surface area (Å²) < 4.78 is 14.4. The molecule has 1 heterocycles. The summed E-state index contributed by atoms with van der Waals surface area (Å²) in [5.74, 6) is -0.401. The molecule has 0 saturated carbocycles. The number of benzene rings is 1. The second-order valence-electron chi connectivity index (χ2n) is 3.72. The van der Waals surface area contributed by atoms with Gasteiger partial charge in [0.15, 0.2) is 6.10 Å². The minimum absolute atomic E-state index is 0.285. The Balaban J connectivity index is 2.29. The molecule has 0 aliphatic heterocycles. The van der Waals surface area contributed by atoms with Crippen molar-refractivity contribution in [3.63, 3.8) is 0 Å². The molecule has 0 amide bonds. The summed E-state index contributed by atoms with van der Waals surface area (Å²) in [6, 6.07) is 7.30. The third kappa shape index (κ3) is 2.37. The fourth-order valence-electron chi connectivity index (χ4n) is 1.50. The summed E-state index contributed by atoms with van der Waals surface area (Å²) in [6.07, 6.45) is -0.108. The van der Waals surface area contributed by atoms with Gasteiger partial charge in [0.1, 0.15) is 11.9 Å². The van der Waals surface area contributed by atoms with Gasteiger partial charge in [0.25, 0.3) is 0 Å². The molecule has 2 unspecified atom stereocenters. The van der Waals surface area contributed by atoms with E-state index in [-0.39, 0.29) is 5.56 Å². The minimum atomic E-state index is -1.52. The first-order valence-electron chi connectivity index (χ1n) is 5.18. The molecule has 5 nitrogen and oxygen atoms in total. The fourth-order valence-corrected chi connectivity index (χ4v) is 1.50. The largest absolute Gasteiger partial charge is 0.384 e. The second-order valence-corrected chi connectivity index (χ2v) is 3.72. The molecule has 2 aromatic rings. The highest BCUT2D eigenvalue weighted by Crippen LogP contribution is 2.18. The molecule has 0 spiro atoms. The van der Waals surface area contributed by atoms with Gasteiger partial charge >= 0.3 is 0 Å². The van der Waals surface area contributed by atoms with Crippen molar-refractivity contribution < 1.29 is 14.6 Å². The van der Waals surface area contributed by atoms with Gasteiger partial charge in [0.2, 0.25) is 0 Å². The first-order chi connectivity index (χ1) is 8.61. The number of halogens is 1. The Labute approximate surface area is 102 Å². The molecule has 0 aliphatic carbocycles. The highest BCUT2D eigenvalue weighted by molar-refractivity contribution is 5.32. The number of nitriles is 1. The monoisotopic (exact) mass is 247 g/mol. The van der Waals surface area contributed by atoms with E-state index < -0.39 is 18.0 Å². The number of aromatic nitrogens is 2. The van der Waals surface area contributed by atoms with Crippen LogP contribution in [-0.2, 0) is 0 Å². The summed E-state index contributed by atoms with van der Waals surface area (Å²) in [5.41, 5.74) is 0.771. The van der Waals surface area contributed by atoms with Gasteiger partial charge in [-0.15, -0.1) is 0 Å². The zero-order valence-electron chi connectivity index (χ0n) is 9.23. The maximum atomic E-state index is 13.0. The summed E-state index contributed by atoms with van der Waals surface area (Å²) in [4.78, 5) is 0. The number of rotatable bonds is 3. The van der Waals surface area contributed by atoms with Crippen LogP contribution in [0.4, 0.5) is 4.39 Å². The number of aliphatic hydroxyl groups is 2. The quantitative estimate of drug-likeness (QED) is 0.790. The molecule has 1 aromatic heterocycles. The first-order valence-corrected chi connectivity index (χ1v) is 5.18. The van der Waals surface area contributed by atoms with E-state index in [1.54, 1.807) is 6.07 Å². The summed E-state index contributed by atoms with van der Waals surface area (Å²) in [5, 5.41) is 31.2. The van der Waals surface area contributed by atoms with E-state index in [4.69, 9.17) is 5.26 Å². The Kier molecular flexibility index (Phi) is 3.37. The van der Waals surface area contributed by atoms with Crippen molar-refractivity contribution in [1.29, 1.82) is 5.26 Å². The lowest BCUT2D eigenvalue weighted by Crippen LogP contribution is -2.15. The van der Waals surface area contributed by atoms with E-state index >= 15 is 0 Å². The third-order valence-electron chi connectivity index (χ3n) is 2.45. The van der Waals surface area contributed by atoms with Gasteiger partial charge in [-0.1, -0.05) is 6.07 Å². The van der Waals surface area contributed by atoms with Crippen LogP contribution in [0.5, 0.6) is 0 Å². The molecule has 1 aromatic carbocycles. The normalized spacial score (nSPS) is 13.9. The van der Waals surface area contributed by atoms with Gasteiger partial charge in [-0.05, 0) is 18.2 Å². The third-order valence-corrected chi connectivity index (χ3v) is 2.45. The van der Waals surface area contributed by atoms with E-state index in [1.807, 2.05) is 0 Å². The average Bonchev–Trinajstić information content (AvgIpc) is 2.86. The lowest BCUT2D eigenvalue weighted by Gasteiger charge is -2.08. The van der Waals surface area contributed by atoms with Crippen molar-refractivity contribution in [2.45, 2.75) is 12.2 Å². The standard InChI is InChI=1S/C12H10FN3O2/c13-9-2-1-3-10(4-9)16-7-8(6-15-16)12(18)11(17)5-14/h1-4,6-7,11-12,17-18H. The van der Waals surface area contributed by atoms with E-state index in [2.05, 4.69) is 5.10 Å². The van der Waals surface area contributed by atoms with E-state index in [1.165, 1.54) is 41.3 Å². The van der Waals surface area contributed by atoms with Gasteiger partial charge in [0.05, 0.1) is 18.0 Å². The van der Waals surface area contributed by atoms with Crippen LogP contribution in [0.3, 0.4) is 0 Å². The molecule has 0 radical (unpaired) electrons. The van der Waals surface area contributed by atoms with E-state index in [0.29, 0.717) is 5.69 Å². The van der Waals surface area contributed by atoms with Crippen LogP contribution in [0, 0.1) is 17.1 Å². The molecular weight excluding hydrogens is 237 g/mol. The molecule has 0 bridgehead atoms. The van der Waals surface area contributed by atoms with Crippen molar-refractivity contribution in [1.82, 2.24) is 9.78 Å². The predicted octanol–water partition coefficient (Wildman–Crippen LogP) is 0.929. The van der Waals surface area contributed by atoms with Crippen molar-refractivity contribution in [3.05, 3.63) is 48.0 Å². The van der Waals surface area contributed by atoms with Crippen molar-refractivity contribution in [3.8, 4) is 11.8 Å². The summed E-state index contributed by atoms with van der Waals surface area (Å²) >= 11 is 0. The molecule has 2 atom stereocenters. The molecule has 2 N–H and O–H groups in total. The van der Waals surface area contributed by atoms with Gasteiger partial charge in [-0.25, -0.2) is 9.07 Å². The fraction of sp³-hybridized carbons (Fsp3) is 0.167. The SMILES string of the molecule is N#CC(O)C(O)c1cnn(-c2cccc(F)c2)c1. The summed E-state index contributed by atoms with van der Waals surface area (Å²) in [7, 11) is 0. The van der Waals surface area contributed by atoms with Crippen molar-refractivity contribution in [2.24, 2.45) is 0 Å². The lowest BCUT2D eigenvalue weighted by molar-refractivity contribution is 0.0528. The number of aliphatic hydroxyl groups excluding tert-OH is 2. The molecule has 0 saturated heterocycles. The molecule has 0 aliphatic rings. The molecule has 18 heavy (non-hydrogen) atoms. The number of hydrogen-bond acceptors (Lipinski definition) is 4. The second kappa shape index (κ2) is 4.96. The van der Waals surface area contributed by atoms with Gasteiger partial charge in [0, 0.05) is 11.8 Å². The van der Waals surface area contributed by atoms with Gasteiger partial charge in [-0.3, -0.25) is 0 Å². The smallest absolute Gasteiger partial charge is 0.170 e. The van der Waals surface area contributed by atoms with E-state index in [0.717, 1.165) is 0 Å². The molecule has 6 heteroatoms. The van der Waals surface area contributed by atoms with Gasteiger partial charge < -0.3 is 10.2 Å². The highest BCUT2D eigenvalue weighted by atomic mass is 19.1. The van der Waals surface area contributed by atoms with Crippen LogP contribution < -0.4 is 0 Å². The molecule has 0 fully saturated rings. The first kappa shape index (κ1) is 12.2. The Hall–Kier alpha value is -2.23. The number of nitrogens with zero attached hydrogens (tertiary/aromatic N) is 3. The van der Waals surface area contributed by atoms with Crippen LogP contribution in [0.1, 0.15) is 11.7 Å². The van der Waals surface area contributed by atoms with Crippen molar-refractivity contribution in [2.75, 3.05) is 0 Å². The number of hydrogen-bond donors (Lipinski definition) is 2. The maximum absolute atomic E-state index is 13.0. The average molecular weight is 247 g/mol. The molecule has 2 rings (SSSR count). The Morgan fingerprint density at radius 2 is 2.17 bits per heavy atom. The van der Waals surface area contributed by atoms with Crippen LogP contribution in [-0.4, -0.2) is 26.1 Å². The van der Waals surface area contributed by atoms with Crippen LogP contribution in [0.25, 0.3) is 5.69 Å². The lowest BCUT2D eigenvalue weighted by atomic mass is 10.1. The van der Waals surface area contributed by atoms with Crippen LogP contribution in [0.2, 0.25) is 0 Å².